The van der Waals surface area contributed by atoms with E-state index in [-0.39, 0.29) is 6.54 Å². The van der Waals surface area contributed by atoms with Crippen molar-refractivity contribution in [2.45, 2.75) is 31.7 Å². The number of hydrogen-bond donors (Lipinski definition) is 1. The molecule has 68 valence electrons. The first-order valence-electron chi connectivity index (χ1n) is 4.71. The van der Waals surface area contributed by atoms with Crippen LogP contribution < -0.4 is 0 Å². The first-order valence-corrected chi connectivity index (χ1v) is 4.71. The third-order valence-corrected chi connectivity index (χ3v) is 2.59. The fraction of sp³-hybridized carbons (Fsp3) is 0.889. The molecular weight excluding hydrogens is 154 g/mol. The summed E-state index contributed by atoms with van der Waals surface area (Å²) < 4.78 is 0. The van der Waals surface area contributed by atoms with Gasteiger partial charge >= 0.3 is 5.97 Å². The summed E-state index contributed by atoms with van der Waals surface area (Å²) in [6.07, 6.45) is 5.03. The van der Waals surface area contributed by atoms with Crippen LogP contribution in [0.5, 0.6) is 0 Å². The van der Waals surface area contributed by atoms with Crippen LogP contribution in [0.4, 0.5) is 0 Å². The maximum atomic E-state index is 10.5. The van der Waals surface area contributed by atoms with E-state index in [1.165, 1.54) is 25.7 Å². The monoisotopic (exact) mass is 169 g/mol. The van der Waals surface area contributed by atoms with Crippen LogP contribution >= 0.6 is 0 Å². The molecular formula is C9H15NO2. The highest BCUT2D eigenvalue weighted by molar-refractivity contribution is 5.69. The molecule has 2 saturated carbocycles. The van der Waals surface area contributed by atoms with E-state index in [2.05, 4.69) is 4.90 Å². The van der Waals surface area contributed by atoms with Crippen molar-refractivity contribution in [2.24, 2.45) is 5.92 Å². The van der Waals surface area contributed by atoms with Gasteiger partial charge in [0.1, 0.15) is 0 Å². The number of aliphatic carboxylic acids is 1. The Labute approximate surface area is 72.4 Å². The van der Waals surface area contributed by atoms with Gasteiger partial charge in [0.05, 0.1) is 6.54 Å². The van der Waals surface area contributed by atoms with Crippen LogP contribution in [0, 0.1) is 5.92 Å². The van der Waals surface area contributed by atoms with E-state index in [0.29, 0.717) is 6.04 Å². The number of carboxylic acids is 1. The Bertz CT molecular complexity index is 185. The van der Waals surface area contributed by atoms with Crippen LogP contribution in [0.1, 0.15) is 25.7 Å². The maximum absolute atomic E-state index is 10.5. The highest BCUT2D eigenvalue weighted by Gasteiger charge is 2.34. The Balaban J connectivity index is 1.78. The molecule has 0 heterocycles. The molecule has 2 fully saturated rings. The lowest BCUT2D eigenvalue weighted by Crippen LogP contribution is -2.33. The first kappa shape index (κ1) is 8.05. The van der Waals surface area contributed by atoms with Crippen LogP contribution in [0.15, 0.2) is 0 Å². The van der Waals surface area contributed by atoms with Crippen molar-refractivity contribution in [3.8, 4) is 0 Å². The summed E-state index contributed by atoms with van der Waals surface area (Å²) in [5, 5.41) is 8.65. The van der Waals surface area contributed by atoms with E-state index in [1.807, 2.05) is 0 Å². The zero-order chi connectivity index (χ0) is 8.55. The van der Waals surface area contributed by atoms with E-state index in [0.717, 1.165) is 12.5 Å². The molecule has 0 saturated heterocycles. The van der Waals surface area contributed by atoms with Gasteiger partial charge in [-0.3, -0.25) is 9.69 Å². The molecule has 0 radical (unpaired) electrons. The van der Waals surface area contributed by atoms with E-state index in [4.69, 9.17) is 5.11 Å². The Kier molecular flexibility index (Phi) is 2.05. The van der Waals surface area contributed by atoms with Crippen molar-refractivity contribution in [3.05, 3.63) is 0 Å². The minimum Gasteiger partial charge on any atom is -0.480 e. The second-order valence-electron chi connectivity index (χ2n) is 4.00. The minimum absolute atomic E-state index is 0.251. The summed E-state index contributed by atoms with van der Waals surface area (Å²) in [6, 6.07) is 0.599. The Hall–Kier alpha value is -0.570. The van der Waals surface area contributed by atoms with Gasteiger partial charge in [0.2, 0.25) is 0 Å². The van der Waals surface area contributed by atoms with Crippen LogP contribution in [0.25, 0.3) is 0 Å². The van der Waals surface area contributed by atoms with Gasteiger partial charge in [-0.1, -0.05) is 0 Å². The van der Waals surface area contributed by atoms with E-state index >= 15 is 0 Å². The highest BCUT2D eigenvalue weighted by atomic mass is 16.4. The summed E-state index contributed by atoms with van der Waals surface area (Å²) in [5.41, 5.74) is 0. The summed E-state index contributed by atoms with van der Waals surface area (Å²) in [4.78, 5) is 12.6. The molecule has 0 aromatic carbocycles. The topological polar surface area (TPSA) is 40.5 Å². The second-order valence-corrected chi connectivity index (χ2v) is 4.00. The SMILES string of the molecule is O=C(O)CN(CC1CC1)C1CC1. The van der Waals surface area contributed by atoms with Gasteiger partial charge in [0.15, 0.2) is 0 Å². The van der Waals surface area contributed by atoms with Crippen LogP contribution in [0.2, 0.25) is 0 Å². The first-order chi connectivity index (χ1) is 5.75. The van der Waals surface area contributed by atoms with Crippen LogP contribution in [0.3, 0.4) is 0 Å². The Morgan fingerprint density at radius 2 is 2.00 bits per heavy atom. The molecule has 2 aliphatic rings. The van der Waals surface area contributed by atoms with Gasteiger partial charge in [-0.2, -0.15) is 0 Å². The van der Waals surface area contributed by atoms with Crippen molar-refractivity contribution in [1.29, 1.82) is 0 Å². The number of carboxylic acid groups (broad SMARTS) is 1. The van der Waals surface area contributed by atoms with Gasteiger partial charge < -0.3 is 5.11 Å². The Morgan fingerprint density at radius 3 is 2.42 bits per heavy atom. The van der Waals surface area contributed by atoms with Gasteiger partial charge in [0.25, 0.3) is 0 Å². The summed E-state index contributed by atoms with van der Waals surface area (Å²) >= 11 is 0. The van der Waals surface area contributed by atoms with E-state index in [1.54, 1.807) is 0 Å². The fourth-order valence-corrected chi connectivity index (χ4v) is 1.59. The van der Waals surface area contributed by atoms with Gasteiger partial charge in [0, 0.05) is 12.6 Å². The average molecular weight is 169 g/mol. The lowest BCUT2D eigenvalue weighted by atomic mass is 10.3. The zero-order valence-corrected chi connectivity index (χ0v) is 7.20. The van der Waals surface area contributed by atoms with Crippen molar-refractivity contribution in [1.82, 2.24) is 4.90 Å². The molecule has 0 aromatic heterocycles. The molecule has 0 unspecified atom stereocenters. The lowest BCUT2D eigenvalue weighted by molar-refractivity contribution is -0.138. The molecule has 3 heteroatoms. The van der Waals surface area contributed by atoms with E-state index < -0.39 is 5.97 Å². The average Bonchev–Trinajstić information content (AvgIpc) is 2.82. The highest BCUT2D eigenvalue weighted by Crippen LogP contribution is 2.34. The van der Waals surface area contributed by atoms with E-state index in [9.17, 15) is 4.79 Å². The van der Waals surface area contributed by atoms with Gasteiger partial charge in [-0.25, -0.2) is 0 Å². The molecule has 0 bridgehead atoms. The molecule has 0 atom stereocenters. The van der Waals surface area contributed by atoms with Crippen LogP contribution in [-0.2, 0) is 4.79 Å². The molecule has 0 aliphatic heterocycles. The quantitative estimate of drug-likeness (QED) is 0.666. The van der Waals surface area contributed by atoms with Crippen molar-refractivity contribution >= 4 is 5.97 Å². The fourth-order valence-electron chi connectivity index (χ4n) is 1.59. The largest absolute Gasteiger partial charge is 0.480 e. The summed E-state index contributed by atoms with van der Waals surface area (Å²) in [5.74, 6) is 0.132. The van der Waals surface area contributed by atoms with Crippen molar-refractivity contribution in [2.75, 3.05) is 13.1 Å². The third-order valence-electron chi connectivity index (χ3n) is 2.59. The van der Waals surface area contributed by atoms with Gasteiger partial charge in [-0.15, -0.1) is 0 Å². The van der Waals surface area contributed by atoms with Crippen molar-refractivity contribution < 1.29 is 9.90 Å². The smallest absolute Gasteiger partial charge is 0.317 e. The molecule has 2 aliphatic carbocycles. The van der Waals surface area contributed by atoms with Crippen molar-refractivity contribution in [3.63, 3.8) is 0 Å². The van der Waals surface area contributed by atoms with Gasteiger partial charge in [-0.05, 0) is 31.6 Å². The Morgan fingerprint density at radius 1 is 1.33 bits per heavy atom. The second kappa shape index (κ2) is 3.05. The molecule has 3 nitrogen and oxygen atoms in total. The molecule has 2 rings (SSSR count). The number of carbonyl (C=O) groups is 1. The zero-order valence-electron chi connectivity index (χ0n) is 7.20. The number of nitrogens with zero attached hydrogens (tertiary/aromatic N) is 1. The number of rotatable bonds is 5. The predicted octanol–water partition coefficient (Wildman–Crippen LogP) is 0.945. The summed E-state index contributed by atoms with van der Waals surface area (Å²) in [6.45, 7) is 1.28. The molecule has 0 amide bonds. The number of hydrogen-bond acceptors (Lipinski definition) is 2. The minimum atomic E-state index is -0.678. The molecule has 12 heavy (non-hydrogen) atoms. The van der Waals surface area contributed by atoms with Crippen LogP contribution in [-0.4, -0.2) is 35.1 Å². The normalized spacial score (nSPS) is 23.1. The lowest BCUT2D eigenvalue weighted by Gasteiger charge is -2.18. The summed E-state index contributed by atoms with van der Waals surface area (Å²) in [7, 11) is 0. The maximum Gasteiger partial charge on any atom is 0.317 e. The molecule has 0 aromatic rings. The molecule has 1 N–H and O–H groups in total. The standard InChI is InChI=1S/C9H15NO2/c11-9(12)6-10(8-3-4-8)5-7-1-2-7/h7-8H,1-6H2,(H,11,12). The predicted molar refractivity (Wildman–Crippen MR) is 45.0 cm³/mol. The molecule has 0 spiro atoms. The third kappa shape index (κ3) is 2.21.